The molecular formula is C30H36ClN3O5S. The van der Waals surface area contributed by atoms with Gasteiger partial charge in [-0.05, 0) is 61.7 Å². The summed E-state index contributed by atoms with van der Waals surface area (Å²) >= 11 is 6.24. The number of anilines is 1. The van der Waals surface area contributed by atoms with Gasteiger partial charge in [-0.1, -0.05) is 60.1 Å². The molecule has 0 aliphatic heterocycles. The monoisotopic (exact) mass is 585 g/mol. The van der Waals surface area contributed by atoms with Crippen LogP contribution in [-0.4, -0.2) is 57.1 Å². The first-order valence-corrected chi connectivity index (χ1v) is 15.1. The van der Waals surface area contributed by atoms with Crippen molar-refractivity contribution in [2.75, 3.05) is 24.2 Å². The van der Waals surface area contributed by atoms with Gasteiger partial charge in [0.15, 0.2) is 0 Å². The minimum Gasteiger partial charge on any atom is -0.495 e. The molecule has 0 aliphatic carbocycles. The second kappa shape index (κ2) is 13.7. The summed E-state index contributed by atoms with van der Waals surface area (Å²) in [6, 6.07) is 20.4. The number of nitrogens with one attached hydrogen (secondary N) is 1. The molecule has 0 aromatic heterocycles. The largest absolute Gasteiger partial charge is 0.495 e. The second-order valence-corrected chi connectivity index (χ2v) is 12.3. The molecule has 0 saturated heterocycles. The van der Waals surface area contributed by atoms with E-state index in [9.17, 15) is 18.0 Å². The molecule has 40 heavy (non-hydrogen) atoms. The fourth-order valence-corrected chi connectivity index (χ4v) is 5.41. The van der Waals surface area contributed by atoms with E-state index in [0.29, 0.717) is 16.3 Å². The van der Waals surface area contributed by atoms with Gasteiger partial charge >= 0.3 is 0 Å². The number of carbonyl (C=O) groups is 2. The molecule has 3 aromatic rings. The summed E-state index contributed by atoms with van der Waals surface area (Å²) in [5, 5.41) is 3.41. The molecule has 0 unspecified atom stereocenters. The van der Waals surface area contributed by atoms with E-state index < -0.39 is 28.5 Å². The molecule has 3 rings (SSSR count). The van der Waals surface area contributed by atoms with Gasteiger partial charge in [-0.15, -0.1) is 0 Å². The fourth-order valence-electron chi connectivity index (χ4n) is 4.36. The topological polar surface area (TPSA) is 96.0 Å². The number of sulfonamides is 1. The lowest BCUT2D eigenvalue weighted by atomic mass is 10.0. The van der Waals surface area contributed by atoms with Crippen molar-refractivity contribution >= 4 is 39.1 Å². The van der Waals surface area contributed by atoms with Crippen molar-refractivity contribution in [2.45, 2.75) is 45.8 Å². The third kappa shape index (κ3) is 8.47. The minimum absolute atomic E-state index is 0.0466. The third-order valence-corrected chi connectivity index (χ3v) is 7.59. The number of amides is 2. The highest BCUT2D eigenvalue weighted by Gasteiger charge is 2.34. The van der Waals surface area contributed by atoms with Gasteiger partial charge in [-0.2, -0.15) is 0 Å². The van der Waals surface area contributed by atoms with Crippen LogP contribution in [0.1, 0.15) is 30.5 Å². The molecule has 0 saturated carbocycles. The summed E-state index contributed by atoms with van der Waals surface area (Å²) in [7, 11) is -2.48. The van der Waals surface area contributed by atoms with E-state index in [-0.39, 0.29) is 30.6 Å². The second-order valence-electron chi connectivity index (χ2n) is 9.97. The van der Waals surface area contributed by atoms with E-state index in [4.69, 9.17) is 16.3 Å². The van der Waals surface area contributed by atoms with Crippen molar-refractivity contribution in [3.05, 3.63) is 94.5 Å². The van der Waals surface area contributed by atoms with Crippen LogP contribution in [0.15, 0.2) is 72.8 Å². The molecule has 3 aromatic carbocycles. The third-order valence-electron chi connectivity index (χ3n) is 6.23. The summed E-state index contributed by atoms with van der Waals surface area (Å²) in [6.45, 7) is 5.03. The molecule has 0 aliphatic rings. The van der Waals surface area contributed by atoms with E-state index in [1.54, 1.807) is 36.4 Å². The molecule has 2 amide bonds. The first-order chi connectivity index (χ1) is 18.9. The Bertz CT molecular complexity index is 1430. The predicted octanol–water partition coefficient (Wildman–Crippen LogP) is 4.59. The molecule has 0 fully saturated rings. The highest BCUT2D eigenvalue weighted by Crippen LogP contribution is 2.31. The molecule has 1 atom stereocenters. The number of rotatable bonds is 12. The van der Waals surface area contributed by atoms with Gasteiger partial charge in [0, 0.05) is 24.0 Å². The number of halogens is 1. The molecule has 0 radical (unpaired) electrons. The molecule has 214 valence electrons. The number of aryl methyl sites for hydroxylation is 1. The SMILES string of the molecule is COc1ccc(C)cc1N(CC(=O)N(Cc1cccc(Cl)c1)[C@@H](Cc1ccccc1)C(=O)NC(C)C)S(C)(=O)=O. The van der Waals surface area contributed by atoms with Crippen molar-refractivity contribution in [1.82, 2.24) is 10.2 Å². The van der Waals surface area contributed by atoms with Crippen LogP contribution in [-0.2, 0) is 32.6 Å². The maximum Gasteiger partial charge on any atom is 0.244 e. The number of hydrogen-bond acceptors (Lipinski definition) is 5. The highest BCUT2D eigenvalue weighted by molar-refractivity contribution is 7.92. The number of benzene rings is 3. The van der Waals surface area contributed by atoms with Gasteiger partial charge in [0.1, 0.15) is 18.3 Å². The molecular weight excluding hydrogens is 550 g/mol. The average Bonchev–Trinajstić information content (AvgIpc) is 2.88. The van der Waals surface area contributed by atoms with Crippen molar-refractivity contribution < 1.29 is 22.7 Å². The minimum atomic E-state index is -3.92. The van der Waals surface area contributed by atoms with E-state index >= 15 is 0 Å². The Morgan fingerprint density at radius 1 is 0.975 bits per heavy atom. The molecule has 1 N–H and O–H groups in total. The number of carbonyl (C=O) groups excluding carboxylic acids is 2. The first kappa shape index (κ1) is 31.0. The lowest BCUT2D eigenvalue weighted by Crippen LogP contribution is -2.54. The van der Waals surface area contributed by atoms with E-state index in [1.807, 2.05) is 57.2 Å². The highest BCUT2D eigenvalue weighted by atomic mass is 35.5. The quantitative estimate of drug-likeness (QED) is 0.335. The number of methoxy groups -OCH3 is 1. The maximum atomic E-state index is 14.1. The van der Waals surface area contributed by atoms with Crippen LogP contribution < -0.4 is 14.4 Å². The van der Waals surface area contributed by atoms with Crippen molar-refractivity contribution in [3.63, 3.8) is 0 Å². The standard InChI is InChI=1S/C30H36ClN3O5S/c1-21(2)32-30(36)27(18-23-10-7-6-8-11-23)33(19-24-12-9-13-25(31)17-24)29(35)20-34(40(5,37)38)26-16-22(3)14-15-28(26)39-4/h6-17,21,27H,18-20H2,1-5H3,(H,32,36)/t27-/m0/s1. The van der Waals surface area contributed by atoms with Crippen LogP contribution >= 0.6 is 11.6 Å². The zero-order valence-corrected chi connectivity index (χ0v) is 25.0. The van der Waals surface area contributed by atoms with Crippen molar-refractivity contribution in [1.29, 1.82) is 0 Å². The fraction of sp³-hybridized carbons (Fsp3) is 0.333. The lowest BCUT2D eigenvalue weighted by Gasteiger charge is -2.34. The summed E-state index contributed by atoms with van der Waals surface area (Å²) in [5.41, 5.74) is 2.60. The van der Waals surface area contributed by atoms with Crippen LogP contribution in [0, 0.1) is 6.92 Å². The van der Waals surface area contributed by atoms with Crippen LogP contribution in [0.2, 0.25) is 5.02 Å². The van der Waals surface area contributed by atoms with Crippen LogP contribution in [0.25, 0.3) is 0 Å². The predicted molar refractivity (Wildman–Crippen MR) is 159 cm³/mol. The summed E-state index contributed by atoms with van der Waals surface area (Å²) in [5.74, 6) is -0.578. The number of nitrogens with zero attached hydrogens (tertiary/aromatic N) is 2. The Hall–Kier alpha value is -3.56. The smallest absolute Gasteiger partial charge is 0.244 e. The Balaban J connectivity index is 2.10. The van der Waals surface area contributed by atoms with Crippen LogP contribution in [0.3, 0.4) is 0 Å². The van der Waals surface area contributed by atoms with Gasteiger partial charge in [0.2, 0.25) is 21.8 Å². The van der Waals surface area contributed by atoms with Crippen LogP contribution in [0.5, 0.6) is 5.75 Å². The Kier molecular flexibility index (Phi) is 10.6. The lowest BCUT2D eigenvalue weighted by molar-refractivity contribution is -0.140. The van der Waals surface area contributed by atoms with Crippen LogP contribution in [0.4, 0.5) is 5.69 Å². The zero-order chi connectivity index (χ0) is 29.4. The summed E-state index contributed by atoms with van der Waals surface area (Å²) in [4.78, 5) is 29.1. The molecule has 10 heteroatoms. The Morgan fingerprint density at radius 2 is 1.65 bits per heavy atom. The van der Waals surface area contributed by atoms with Gasteiger partial charge in [-0.3, -0.25) is 13.9 Å². The summed E-state index contributed by atoms with van der Waals surface area (Å²) in [6.07, 6.45) is 1.27. The van der Waals surface area contributed by atoms with E-state index in [1.165, 1.54) is 12.0 Å². The normalized spacial score (nSPS) is 12.1. The molecule has 0 bridgehead atoms. The van der Waals surface area contributed by atoms with E-state index in [2.05, 4.69) is 5.32 Å². The van der Waals surface area contributed by atoms with Crippen molar-refractivity contribution in [3.8, 4) is 5.75 Å². The number of hydrogen-bond donors (Lipinski definition) is 1. The summed E-state index contributed by atoms with van der Waals surface area (Å²) < 4.78 is 32.5. The molecule has 8 nitrogen and oxygen atoms in total. The Morgan fingerprint density at radius 3 is 2.25 bits per heavy atom. The van der Waals surface area contributed by atoms with Gasteiger partial charge in [0.05, 0.1) is 19.1 Å². The van der Waals surface area contributed by atoms with E-state index in [0.717, 1.165) is 21.7 Å². The van der Waals surface area contributed by atoms with Gasteiger partial charge in [-0.25, -0.2) is 8.42 Å². The van der Waals surface area contributed by atoms with Gasteiger partial charge < -0.3 is 15.0 Å². The zero-order valence-electron chi connectivity index (χ0n) is 23.4. The van der Waals surface area contributed by atoms with Crippen molar-refractivity contribution in [2.24, 2.45) is 0 Å². The molecule has 0 spiro atoms. The first-order valence-electron chi connectivity index (χ1n) is 12.9. The average molecular weight is 586 g/mol. The molecule has 0 heterocycles. The maximum absolute atomic E-state index is 14.1. The Labute approximate surface area is 241 Å². The number of ether oxygens (including phenoxy) is 1. The van der Waals surface area contributed by atoms with Gasteiger partial charge in [0.25, 0.3) is 0 Å².